The molecule has 8 heteroatoms. The maximum Gasteiger partial charge on any atom is 0.241 e. The number of carbonyl (C=O) groups is 2. The van der Waals surface area contributed by atoms with E-state index in [-0.39, 0.29) is 12.5 Å². The lowest BCUT2D eigenvalue weighted by molar-refractivity contribution is -0.122. The van der Waals surface area contributed by atoms with E-state index >= 15 is 0 Å². The minimum atomic E-state index is -1.66. The van der Waals surface area contributed by atoms with Crippen LogP contribution in [0.5, 0.6) is 0 Å². The third-order valence-corrected chi connectivity index (χ3v) is 4.67. The molecule has 0 fully saturated rings. The van der Waals surface area contributed by atoms with Crippen LogP contribution >= 0.6 is 0 Å². The van der Waals surface area contributed by atoms with E-state index < -0.39 is 35.1 Å². The molecule has 2 aromatic carbocycles. The third kappa shape index (κ3) is 5.35. The van der Waals surface area contributed by atoms with E-state index in [1.54, 1.807) is 14.0 Å². The maximum atomic E-state index is 13.7. The molecule has 0 saturated heterocycles. The van der Waals surface area contributed by atoms with Crippen molar-refractivity contribution in [1.82, 2.24) is 4.90 Å². The van der Waals surface area contributed by atoms with Crippen molar-refractivity contribution in [2.24, 2.45) is 0 Å². The number of likely N-dealkylation sites (N-methyl/N-ethyl adjacent to an activating group) is 1. The summed E-state index contributed by atoms with van der Waals surface area (Å²) in [7, 11) is 1.56. The van der Waals surface area contributed by atoms with Gasteiger partial charge in [0, 0.05) is 5.69 Å². The summed E-state index contributed by atoms with van der Waals surface area (Å²) in [6.45, 7) is 7.14. The van der Waals surface area contributed by atoms with Crippen molar-refractivity contribution < 1.29 is 22.8 Å². The fourth-order valence-corrected chi connectivity index (χ4v) is 2.98. The Bertz CT molecular complexity index is 924. The van der Waals surface area contributed by atoms with Crippen molar-refractivity contribution in [3.8, 4) is 0 Å². The molecule has 0 unspecified atom stereocenters. The lowest BCUT2D eigenvalue weighted by Gasteiger charge is -2.24. The first-order valence-electron chi connectivity index (χ1n) is 9.03. The third-order valence-electron chi connectivity index (χ3n) is 4.67. The van der Waals surface area contributed by atoms with Gasteiger partial charge in [-0.3, -0.25) is 14.5 Å². The zero-order chi connectivity index (χ0) is 21.9. The molecule has 0 aliphatic heterocycles. The summed E-state index contributed by atoms with van der Waals surface area (Å²) in [6, 6.07) is 4.91. The second kappa shape index (κ2) is 9.09. The van der Waals surface area contributed by atoms with Crippen LogP contribution in [0.1, 0.15) is 23.6 Å². The molecule has 0 aromatic heterocycles. The summed E-state index contributed by atoms with van der Waals surface area (Å²) >= 11 is 0. The standard InChI is InChI=1S/C21H24F3N3O2/c1-11-8-12(2)20(13(3)9-11)26-21(29)14(4)27(5)10-17(28)25-16-7-6-15(22)18(23)19(16)24/h6-9,14H,10H2,1-5H3,(H,25,28)(H,26,29)/t14-/m1/s1. The number of hydrogen-bond donors (Lipinski definition) is 2. The average molecular weight is 407 g/mol. The Labute approximate surface area is 167 Å². The van der Waals surface area contributed by atoms with E-state index in [9.17, 15) is 22.8 Å². The quantitative estimate of drug-likeness (QED) is 0.714. The summed E-state index contributed by atoms with van der Waals surface area (Å²) in [5.41, 5.74) is 3.19. The molecule has 0 bridgehead atoms. The van der Waals surface area contributed by atoms with E-state index in [4.69, 9.17) is 0 Å². The van der Waals surface area contributed by atoms with Crippen LogP contribution in [-0.4, -0.2) is 36.3 Å². The maximum absolute atomic E-state index is 13.7. The molecule has 2 N–H and O–H groups in total. The fraction of sp³-hybridized carbons (Fsp3) is 0.333. The molecule has 2 amide bonds. The summed E-state index contributed by atoms with van der Waals surface area (Å²) in [5, 5.41) is 5.05. The Morgan fingerprint density at radius 2 is 1.59 bits per heavy atom. The van der Waals surface area contributed by atoms with Crippen molar-refractivity contribution in [3.05, 3.63) is 58.4 Å². The van der Waals surface area contributed by atoms with Gasteiger partial charge in [0.05, 0.1) is 18.3 Å². The van der Waals surface area contributed by atoms with Gasteiger partial charge in [-0.05, 0) is 58.0 Å². The molecule has 0 saturated carbocycles. The van der Waals surface area contributed by atoms with E-state index in [1.165, 1.54) is 4.90 Å². The number of halogens is 3. The monoisotopic (exact) mass is 407 g/mol. The molecular formula is C21H24F3N3O2. The van der Waals surface area contributed by atoms with Crippen LogP contribution in [0.15, 0.2) is 24.3 Å². The molecule has 0 spiro atoms. The van der Waals surface area contributed by atoms with Gasteiger partial charge < -0.3 is 10.6 Å². The number of benzene rings is 2. The summed E-state index contributed by atoms with van der Waals surface area (Å²) < 4.78 is 39.9. The van der Waals surface area contributed by atoms with Crippen LogP contribution < -0.4 is 10.6 Å². The Kier molecular flexibility index (Phi) is 7.02. The molecule has 1 atom stereocenters. The molecule has 156 valence electrons. The highest BCUT2D eigenvalue weighted by molar-refractivity contribution is 5.97. The Morgan fingerprint density at radius 1 is 1.00 bits per heavy atom. The molecule has 2 aromatic rings. The van der Waals surface area contributed by atoms with E-state index in [2.05, 4.69) is 10.6 Å². The first-order valence-corrected chi connectivity index (χ1v) is 9.03. The van der Waals surface area contributed by atoms with Gasteiger partial charge in [-0.1, -0.05) is 17.7 Å². The predicted octanol–water partition coefficient (Wildman–Crippen LogP) is 3.93. The number of amides is 2. The van der Waals surface area contributed by atoms with Crippen molar-refractivity contribution in [3.63, 3.8) is 0 Å². The summed E-state index contributed by atoms with van der Waals surface area (Å²) in [6.07, 6.45) is 0. The van der Waals surface area contributed by atoms with Crippen LogP contribution in [0.2, 0.25) is 0 Å². The van der Waals surface area contributed by atoms with Crippen LogP contribution in [0, 0.1) is 38.2 Å². The largest absolute Gasteiger partial charge is 0.324 e. The van der Waals surface area contributed by atoms with Crippen molar-refractivity contribution in [2.75, 3.05) is 24.2 Å². The van der Waals surface area contributed by atoms with Gasteiger partial charge in [0.1, 0.15) is 0 Å². The number of nitrogens with zero attached hydrogens (tertiary/aromatic N) is 1. The highest BCUT2D eigenvalue weighted by Gasteiger charge is 2.22. The van der Waals surface area contributed by atoms with Gasteiger partial charge in [0.2, 0.25) is 11.8 Å². The normalized spacial score (nSPS) is 12.0. The predicted molar refractivity (Wildman–Crippen MR) is 106 cm³/mol. The lowest BCUT2D eigenvalue weighted by atomic mass is 10.0. The molecule has 29 heavy (non-hydrogen) atoms. The van der Waals surface area contributed by atoms with E-state index in [1.807, 2.05) is 32.9 Å². The number of carbonyl (C=O) groups excluding carboxylic acids is 2. The van der Waals surface area contributed by atoms with E-state index in [0.717, 1.165) is 28.8 Å². The SMILES string of the molecule is Cc1cc(C)c(NC(=O)[C@@H](C)N(C)CC(=O)Nc2ccc(F)c(F)c2F)c(C)c1. The fourth-order valence-electron chi connectivity index (χ4n) is 2.98. The van der Waals surface area contributed by atoms with Crippen LogP contribution in [0.4, 0.5) is 24.5 Å². The Balaban J connectivity index is 2.01. The average Bonchev–Trinajstić information content (AvgIpc) is 2.64. The zero-order valence-corrected chi connectivity index (χ0v) is 17.0. The van der Waals surface area contributed by atoms with Gasteiger partial charge in [-0.2, -0.15) is 0 Å². The van der Waals surface area contributed by atoms with E-state index in [0.29, 0.717) is 5.69 Å². The minimum absolute atomic E-state index is 0.251. The number of hydrogen-bond acceptors (Lipinski definition) is 3. The Morgan fingerprint density at radius 3 is 2.17 bits per heavy atom. The highest BCUT2D eigenvalue weighted by atomic mass is 19.2. The van der Waals surface area contributed by atoms with Gasteiger partial charge in [0.15, 0.2) is 17.5 Å². The minimum Gasteiger partial charge on any atom is -0.324 e. The van der Waals surface area contributed by atoms with Gasteiger partial charge in [-0.15, -0.1) is 0 Å². The highest BCUT2D eigenvalue weighted by Crippen LogP contribution is 2.22. The Hall–Kier alpha value is -2.87. The lowest BCUT2D eigenvalue weighted by Crippen LogP contribution is -2.43. The zero-order valence-electron chi connectivity index (χ0n) is 17.0. The smallest absolute Gasteiger partial charge is 0.241 e. The van der Waals surface area contributed by atoms with Crippen LogP contribution in [0.3, 0.4) is 0 Å². The van der Waals surface area contributed by atoms with Gasteiger partial charge >= 0.3 is 0 Å². The molecule has 0 aliphatic carbocycles. The van der Waals surface area contributed by atoms with Gasteiger partial charge in [0.25, 0.3) is 0 Å². The van der Waals surface area contributed by atoms with Crippen molar-refractivity contribution in [1.29, 1.82) is 0 Å². The summed E-state index contributed by atoms with van der Waals surface area (Å²) in [4.78, 5) is 26.2. The molecule has 5 nitrogen and oxygen atoms in total. The summed E-state index contributed by atoms with van der Waals surface area (Å²) in [5.74, 6) is -5.46. The first kappa shape index (κ1) is 22.4. The molecular weight excluding hydrogens is 383 g/mol. The second-order valence-corrected chi connectivity index (χ2v) is 7.13. The second-order valence-electron chi connectivity index (χ2n) is 7.13. The molecule has 0 radical (unpaired) electrons. The van der Waals surface area contributed by atoms with Crippen molar-refractivity contribution in [2.45, 2.75) is 33.7 Å². The number of rotatable bonds is 6. The topological polar surface area (TPSA) is 61.4 Å². The molecule has 0 aliphatic rings. The number of aryl methyl sites for hydroxylation is 3. The number of nitrogens with one attached hydrogen (secondary N) is 2. The van der Waals surface area contributed by atoms with Crippen molar-refractivity contribution >= 4 is 23.2 Å². The first-order chi connectivity index (χ1) is 13.5. The number of anilines is 2. The van der Waals surface area contributed by atoms with Crippen LogP contribution in [0.25, 0.3) is 0 Å². The molecule has 2 rings (SSSR count). The van der Waals surface area contributed by atoms with Crippen LogP contribution in [-0.2, 0) is 9.59 Å². The molecule has 0 heterocycles. The van der Waals surface area contributed by atoms with Gasteiger partial charge in [-0.25, -0.2) is 13.2 Å².